The Hall–Kier alpha value is -1.10. The number of carbonyl (C=O) groups excluding carboxylic acids is 2. The molecule has 1 aliphatic carbocycles. The average Bonchev–Trinajstić information content (AvgIpc) is 2.82. The number of carbonyl (C=O) groups is 2. The summed E-state index contributed by atoms with van der Waals surface area (Å²) >= 11 is 0. The van der Waals surface area contributed by atoms with Gasteiger partial charge in [-0.1, -0.05) is 0 Å². The molecule has 1 saturated carbocycles. The monoisotopic (exact) mass is 228 g/mol. The lowest BCUT2D eigenvalue weighted by atomic mass is 9.87. The van der Waals surface area contributed by atoms with Crippen LogP contribution < -0.4 is 0 Å². The highest BCUT2D eigenvalue weighted by atomic mass is 16.6. The molecular weight excluding hydrogens is 212 g/mol. The van der Waals surface area contributed by atoms with Crippen LogP contribution in [0.15, 0.2) is 0 Å². The summed E-state index contributed by atoms with van der Waals surface area (Å²) in [6.45, 7) is 3.38. The fourth-order valence-electron chi connectivity index (χ4n) is 2.26. The normalized spacial score (nSPS) is 29.4. The van der Waals surface area contributed by atoms with E-state index in [9.17, 15) is 9.59 Å². The van der Waals surface area contributed by atoms with E-state index in [0.29, 0.717) is 13.2 Å². The molecule has 0 aromatic carbocycles. The van der Waals surface area contributed by atoms with Gasteiger partial charge in [-0.15, -0.1) is 0 Å². The molecular formula is C11H16O5. The van der Waals surface area contributed by atoms with E-state index >= 15 is 0 Å². The Labute approximate surface area is 94.0 Å². The highest BCUT2D eigenvalue weighted by Gasteiger charge is 2.56. The molecule has 90 valence electrons. The third kappa shape index (κ3) is 2.52. The molecule has 2 aliphatic rings. The van der Waals surface area contributed by atoms with Crippen molar-refractivity contribution < 1.29 is 23.8 Å². The van der Waals surface area contributed by atoms with Crippen LogP contribution in [-0.2, 0) is 23.8 Å². The molecule has 2 unspecified atom stereocenters. The lowest BCUT2D eigenvalue weighted by Crippen LogP contribution is -2.33. The minimum atomic E-state index is -0.302. The number of rotatable bonds is 4. The summed E-state index contributed by atoms with van der Waals surface area (Å²) in [7, 11) is 0. The van der Waals surface area contributed by atoms with Crippen molar-refractivity contribution in [3.05, 3.63) is 0 Å². The van der Waals surface area contributed by atoms with Gasteiger partial charge in [-0.05, 0) is 12.8 Å². The fraction of sp³-hybridized carbons (Fsp3) is 0.818. The Balaban J connectivity index is 1.90. The predicted octanol–water partition coefficient (Wildman–Crippen LogP) is 0.660. The zero-order chi connectivity index (χ0) is 11.8. The summed E-state index contributed by atoms with van der Waals surface area (Å²) in [4.78, 5) is 21.6. The molecule has 0 N–H and O–H groups in total. The molecule has 5 nitrogen and oxygen atoms in total. The quantitative estimate of drug-likeness (QED) is 0.522. The second kappa shape index (κ2) is 4.05. The second-order valence-corrected chi connectivity index (χ2v) is 4.68. The Bertz CT molecular complexity index is 281. The highest BCUT2D eigenvalue weighted by Crippen LogP contribution is 2.50. The molecule has 0 radical (unpaired) electrons. The number of hydrogen-bond acceptors (Lipinski definition) is 5. The molecule has 0 aromatic rings. The van der Waals surface area contributed by atoms with Crippen LogP contribution in [0.2, 0.25) is 0 Å². The maximum Gasteiger partial charge on any atom is 0.302 e. The summed E-state index contributed by atoms with van der Waals surface area (Å²) in [5.41, 5.74) is -0.231. The number of epoxide rings is 1. The van der Waals surface area contributed by atoms with Crippen LogP contribution in [-0.4, -0.2) is 37.4 Å². The molecule has 16 heavy (non-hydrogen) atoms. The van der Waals surface area contributed by atoms with Crippen molar-refractivity contribution >= 4 is 11.9 Å². The van der Waals surface area contributed by atoms with Crippen LogP contribution in [0.4, 0.5) is 0 Å². The molecule has 0 amide bonds. The number of fused-ring (bicyclic) bond motifs is 1. The third-order valence-corrected chi connectivity index (χ3v) is 3.12. The van der Waals surface area contributed by atoms with Crippen LogP contribution in [0.1, 0.15) is 26.7 Å². The molecule has 5 heteroatoms. The number of esters is 2. The first-order chi connectivity index (χ1) is 7.51. The molecule has 1 heterocycles. The van der Waals surface area contributed by atoms with Crippen molar-refractivity contribution in [2.24, 2.45) is 5.41 Å². The first-order valence-electron chi connectivity index (χ1n) is 5.43. The van der Waals surface area contributed by atoms with Crippen LogP contribution in [0.5, 0.6) is 0 Å². The molecule has 0 bridgehead atoms. The van der Waals surface area contributed by atoms with E-state index in [2.05, 4.69) is 0 Å². The van der Waals surface area contributed by atoms with E-state index in [0.717, 1.165) is 12.8 Å². The van der Waals surface area contributed by atoms with Crippen LogP contribution in [0, 0.1) is 5.41 Å². The summed E-state index contributed by atoms with van der Waals surface area (Å²) in [5, 5.41) is 0. The summed E-state index contributed by atoms with van der Waals surface area (Å²) in [6, 6.07) is 0. The minimum Gasteiger partial charge on any atom is -0.465 e. The van der Waals surface area contributed by atoms with E-state index in [1.165, 1.54) is 13.8 Å². The van der Waals surface area contributed by atoms with Gasteiger partial charge in [0, 0.05) is 19.3 Å². The first-order valence-corrected chi connectivity index (χ1v) is 5.43. The summed E-state index contributed by atoms with van der Waals surface area (Å²) in [5.74, 6) is -0.604. The Morgan fingerprint density at radius 1 is 1.12 bits per heavy atom. The molecule has 1 aliphatic heterocycles. The maximum atomic E-state index is 10.8. The van der Waals surface area contributed by atoms with Crippen molar-refractivity contribution in [3.63, 3.8) is 0 Å². The largest absolute Gasteiger partial charge is 0.465 e. The van der Waals surface area contributed by atoms with E-state index < -0.39 is 0 Å². The van der Waals surface area contributed by atoms with Crippen molar-refractivity contribution in [2.45, 2.75) is 38.9 Å². The topological polar surface area (TPSA) is 65.1 Å². The van der Waals surface area contributed by atoms with Gasteiger partial charge in [0.1, 0.15) is 13.2 Å². The SMILES string of the molecule is CC(=O)OCC1(COC(C)=O)CC2OC2C1. The van der Waals surface area contributed by atoms with Gasteiger partial charge in [-0.3, -0.25) is 9.59 Å². The lowest BCUT2D eigenvalue weighted by molar-refractivity contribution is -0.152. The summed E-state index contributed by atoms with van der Waals surface area (Å²) in [6.07, 6.45) is 2.15. The third-order valence-electron chi connectivity index (χ3n) is 3.12. The molecule has 2 rings (SSSR count). The first kappa shape index (κ1) is 11.4. The van der Waals surface area contributed by atoms with Gasteiger partial charge in [0.15, 0.2) is 0 Å². The second-order valence-electron chi connectivity index (χ2n) is 4.68. The lowest BCUT2D eigenvalue weighted by Gasteiger charge is -2.28. The van der Waals surface area contributed by atoms with Crippen LogP contribution >= 0.6 is 0 Å². The molecule has 2 fully saturated rings. The smallest absolute Gasteiger partial charge is 0.302 e. The van der Waals surface area contributed by atoms with Crippen LogP contribution in [0.3, 0.4) is 0 Å². The Morgan fingerprint density at radius 2 is 1.56 bits per heavy atom. The molecule has 0 spiro atoms. The zero-order valence-corrected chi connectivity index (χ0v) is 9.52. The van der Waals surface area contributed by atoms with E-state index in [1.807, 2.05) is 0 Å². The molecule has 1 saturated heterocycles. The van der Waals surface area contributed by atoms with Crippen molar-refractivity contribution in [1.29, 1.82) is 0 Å². The fourth-order valence-corrected chi connectivity index (χ4v) is 2.26. The van der Waals surface area contributed by atoms with Gasteiger partial charge < -0.3 is 14.2 Å². The predicted molar refractivity (Wildman–Crippen MR) is 53.6 cm³/mol. The average molecular weight is 228 g/mol. The zero-order valence-electron chi connectivity index (χ0n) is 9.52. The summed E-state index contributed by atoms with van der Waals surface area (Å²) < 4.78 is 15.4. The highest BCUT2D eigenvalue weighted by molar-refractivity contribution is 5.66. The molecule has 2 atom stereocenters. The van der Waals surface area contributed by atoms with Gasteiger partial charge in [0.05, 0.1) is 12.2 Å². The van der Waals surface area contributed by atoms with Crippen molar-refractivity contribution in [2.75, 3.05) is 13.2 Å². The van der Waals surface area contributed by atoms with Gasteiger partial charge in [0.2, 0.25) is 0 Å². The van der Waals surface area contributed by atoms with Gasteiger partial charge in [-0.2, -0.15) is 0 Å². The van der Waals surface area contributed by atoms with E-state index in [4.69, 9.17) is 14.2 Å². The van der Waals surface area contributed by atoms with Crippen molar-refractivity contribution in [3.8, 4) is 0 Å². The minimum absolute atomic E-state index is 0.231. The van der Waals surface area contributed by atoms with E-state index in [1.54, 1.807) is 0 Å². The maximum absolute atomic E-state index is 10.8. The Morgan fingerprint density at radius 3 is 1.94 bits per heavy atom. The van der Waals surface area contributed by atoms with Gasteiger partial charge in [-0.25, -0.2) is 0 Å². The number of ether oxygens (including phenoxy) is 3. The Kier molecular flexibility index (Phi) is 2.88. The van der Waals surface area contributed by atoms with E-state index in [-0.39, 0.29) is 29.6 Å². The van der Waals surface area contributed by atoms with Gasteiger partial charge >= 0.3 is 11.9 Å². The van der Waals surface area contributed by atoms with Crippen molar-refractivity contribution in [1.82, 2.24) is 0 Å². The van der Waals surface area contributed by atoms with Gasteiger partial charge in [0.25, 0.3) is 0 Å². The standard InChI is InChI=1S/C11H16O5/c1-7(12)14-5-11(6-15-8(2)13)3-9-10(4-11)16-9/h9-10H,3-6H2,1-2H3. The van der Waals surface area contributed by atoms with Crippen LogP contribution in [0.25, 0.3) is 0 Å². The molecule has 0 aromatic heterocycles. The number of hydrogen-bond donors (Lipinski definition) is 0.